The Balaban J connectivity index is 2.51. The van der Waals surface area contributed by atoms with Gasteiger partial charge in [0, 0.05) is 0 Å². The fraction of sp³-hybridized carbons (Fsp3) is 0.429. The molecule has 0 atom stereocenters. The van der Waals surface area contributed by atoms with Crippen molar-refractivity contribution in [1.29, 1.82) is 0 Å². The normalized spacial score (nSPS) is 18.8. The first-order valence-electron chi connectivity index (χ1n) is 2.66. The maximum absolute atomic E-state index is 2.34. The van der Waals surface area contributed by atoms with Crippen molar-refractivity contribution >= 4 is 0 Å². The Morgan fingerprint density at radius 1 is 1.50 bits per heavy atom. The first-order chi connectivity index (χ1) is 3.80. The van der Waals surface area contributed by atoms with Gasteiger partial charge in [0.1, 0.15) is 0 Å². The van der Waals surface area contributed by atoms with Crippen LogP contribution >= 0.6 is 0 Å². The molecule has 8 heavy (non-hydrogen) atoms. The average molecular weight is 150 g/mol. The average Bonchev–Trinajstić information content (AvgIpc) is 2.12. The van der Waals surface area contributed by atoms with E-state index in [1.54, 1.807) is 4.47 Å². The van der Waals surface area contributed by atoms with E-state index in [-0.39, 0.29) is 13.9 Å². The Morgan fingerprint density at radius 2 is 2.25 bits per heavy atom. The summed E-state index contributed by atoms with van der Waals surface area (Å²) in [5.74, 6) is 4.68. The Labute approximate surface area is 55.2 Å². The van der Waals surface area contributed by atoms with Gasteiger partial charge in [0.05, 0.1) is 0 Å². The molecule has 0 nitrogen and oxygen atoms in total. The van der Waals surface area contributed by atoms with Crippen LogP contribution < -0.4 is 0 Å². The van der Waals surface area contributed by atoms with Crippen molar-refractivity contribution in [3.8, 4) is 0 Å². The number of hydrogen-bond donors (Lipinski definition) is 0. The van der Waals surface area contributed by atoms with E-state index < -0.39 is 0 Å². The van der Waals surface area contributed by atoms with Gasteiger partial charge in [-0.3, -0.25) is 0 Å². The van der Waals surface area contributed by atoms with Crippen LogP contribution in [0.1, 0.15) is 6.42 Å². The quantitative estimate of drug-likeness (QED) is 0.504. The molecule has 0 saturated heterocycles. The van der Waals surface area contributed by atoms with E-state index in [0.29, 0.717) is 0 Å². The fourth-order valence-electron chi connectivity index (χ4n) is 0.701. The molecule has 46 valence electrons. The van der Waals surface area contributed by atoms with Crippen LogP contribution in [0.25, 0.3) is 0 Å². The maximum atomic E-state index is 2.34. The van der Waals surface area contributed by atoms with Crippen LogP contribution in [0.3, 0.4) is 0 Å². The second-order valence-corrected chi connectivity index (χ2v) is 5.12. The zero-order valence-corrected chi connectivity index (χ0v) is 6.50. The van der Waals surface area contributed by atoms with E-state index in [9.17, 15) is 0 Å². The molecule has 0 unspecified atom stereocenters. The van der Waals surface area contributed by atoms with Gasteiger partial charge in [0.2, 0.25) is 0 Å². The van der Waals surface area contributed by atoms with Crippen molar-refractivity contribution in [2.24, 2.45) is 0 Å². The van der Waals surface area contributed by atoms with Crippen molar-refractivity contribution in [3.05, 3.63) is 22.7 Å². The van der Waals surface area contributed by atoms with Crippen molar-refractivity contribution < 1.29 is 13.9 Å². The first kappa shape index (κ1) is 6.12. The predicted molar refractivity (Wildman–Crippen MR) is 33.6 cm³/mol. The molecule has 0 bridgehead atoms. The topological polar surface area (TPSA) is 0 Å². The van der Waals surface area contributed by atoms with Gasteiger partial charge in [-0.2, -0.15) is 0 Å². The summed E-state index contributed by atoms with van der Waals surface area (Å²) < 4.78 is 1.66. The second-order valence-electron chi connectivity index (χ2n) is 2.00. The van der Waals surface area contributed by atoms with Gasteiger partial charge in [0.15, 0.2) is 0 Å². The van der Waals surface area contributed by atoms with Gasteiger partial charge in [-0.25, -0.2) is 0 Å². The third-order valence-electron chi connectivity index (χ3n) is 1.21. The molecule has 1 rings (SSSR count). The van der Waals surface area contributed by atoms with Crippen LogP contribution in [0, 0.1) is 0 Å². The monoisotopic (exact) mass is 150 g/mol. The van der Waals surface area contributed by atoms with Crippen LogP contribution in [-0.4, -0.2) is 0 Å². The molecule has 1 aliphatic rings. The van der Waals surface area contributed by atoms with E-state index in [4.69, 9.17) is 0 Å². The van der Waals surface area contributed by atoms with E-state index in [2.05, 4.69) is 29.9 Å². The van der Waals surface area contributed by atoms with Crippen molar-refractivity contribution in [2.45, 2.75) is 18.1 Å². The standard InChI is InChI=1S/C5H5.2CH3.Mn/c1-2-4-5-3-1;;;/h1-3H,4H2;2*1H3;. The van der Waals surface area contributed by atoms with E-state index in [1.807, 2.05) is 0 Å². The molecule has 0 fully saturated rings. The second kappa shape index (κ2) is 2.52. The fourth-order valence-corrected chi connectivity index (χ4v) is 1.83. The molecule has 0 aromatic carbocycles. The van der Waals surface area contributed by atoms with Crippen LogP contribution in [-0.2, 0) is 13.9 Å². The Kier molecular flexibility index (Phi) is 1.93. The molecule has 0 aromatic rings. The Morgan fingerprint density at radius 3 is 2.50 bits per heavy atom. The summed E-state index contributed by atoms with van der Waals surface area (Å²) in [5.41, 5.74) is 0. The molecule has 0 saturated carbocycles. The molecular formula is C7H11Mn. The molecule has 1 heteroatoms. The molecule has 0 amide bonds. The van der Waals surface area contributed by atoms with Crippen LogP contribution in [0.2, 0.25) is 11.6 Å². The Hall–Kier alpha value is -0.000519. The van der Waals surface area contributed by atoms with E-state index in [1.165, 1.54) is 6.42 Å². The molecule has 1 aliphatic carbocycles. The zero-order chi connectivity index (χ0) is 5.98. The van der Waals surface area contributed by atoms with Gasteiger partial charge in [-0.15, -0.1) is 0 Å². The Bertz CT molecular complexity index is 131. The van der Waals surface area contributed by atoms with Crippen molar-refractivity contribution in [2.75, 3.05) is 0 Å². The predicted octanol–water partition coefficient (Wildman–Crippen LogP) is 2.54. The summed E-state index contributed by atoms with van der Waals surface area (Å²) >= 11 is -0.133. The SMILES string of the molecule is [CH3][Mn]([CH3])[C]1=CC=CC1. The van der Waals surface area contributed by atoms with Gasteiger partial charge >= 0.3 is 54.7 Å². The first-order valence-corrected chi connectivity index (χ1v) is 5.61. The van der Waals surface area contributed by atoms with Crippen molar-refractivity contribution in [1.82, 2.24) is 0 Å². The van der Waals surface area contributed by atoms with Crippen molar-refractivity contribution in [3.63, 3.8) is 0 Å². The number of rotatable bonds is 1. The summed E-state index contributed by atoms with van der Waals surface area (Å²) in [6.45, 7) is 0. The molecule has 0 radical (unpaired) electrons. The summed E-state index contributed by atoms with van der Waals surface area (Å²) in [5, 5.41) is 0. The number of allylic oxidation sites excluding steroid dienone is 4. The third-order valence-corrected chi connectivity index (χ3v) is 3.17. The molecule has 0 aromatic heterocycles. The summed E-state index contributed by atoms with van der Waals surface area (Å²) in [7, 11) is 0. The van der Waals surface area contributed by atoms with Crippen LogP contribution in [0.4, 0.5) is 0 Å². The third kappa shape index (κ3) is 1.24. The van der Waals surface area contributed by atoms with Gasteiger partial charge in [-0.05, 0) is 0 Å². The minimum absolute atomic E-state index is 0.133. The molecule has 0 spiro atoms. The summed E-state index contributed by atoms with van der Waals surface area (Å²) in [4.78, 5) is 0. The van der Waals surface area contributed by atoms with Gasteiger partial charge in [-0.1, -0.05) is 0 Å². The van der Waals surface area contributed by atoms with Crippen LogP contribution in [0.5, 0.6) is 0 Å². The molecular weight excluding hydrogens is 139 g/mol. The minimum atomic E-state index is -0.133. The summed E-state index contributed by atoms with van der Waals surface area (Å²) in [6, 6.07) is 0. The molecule has 0 aliphatic heterocycles. The van der Waals surface area contributed by atoms with Gasteiger partial charge in [0.25, 0.3) is 0 Å². The van der Waals surface area contributed by atoms with Crippen LogP contribution in [0.15, 0.2) is 22.7 Å². The summed E-state index contributed by atoms with van der Waals surface area (Å²) in [6.07, 6.45) is 7.87. The molecule has 0 heterocycles. The van der Waals surface area contributed by atoms with Gasteiger partial charge < -0.3 is 0 Å². The number of hydrogen-bond acceptors (Lipinski definition) is 0. The molecule has 0 N–H and O–H groups in total. The van der Waals surface area contributed by atoms with E-state index in [0.717, 1.165) is 0 Å². The zero-order valence-electron chi connectivity index (χ0n) is 5.32. The van der Waals surface area contributed by atoms with E-state index >= 15 is 0 Å².